The molecule has 5 nitrogen and oxygen atoms in total. The molecule has 3 rings (SSSR count). The molecule has 0 amide bonds. The van der Waals surface area contributed by atoms with Gasteiger partial charge in [-0.2, -0.15) is 0 Å². The first-order valence-electron chi connectivity index (χ1n) is 7.94. The van der Waals surface area contributed by atoms with Crippen molar-refractivity contribution in [1.82, 2.24) is 9.55 Å². The molecule has 1 aromatic heterocycles. The summed E-state index contributed by atoms with van der Waals surface area (Å²) < 4.78 is 6.30. The Morgan fingerprint density at radius 2 is 1.92 bits per heavy atom. The summed E-state index contributed by atoms with van der Waals surface area (Å²) in [7, 11) is 1.33. The summed E-state index contributed by atoms with van der Waals surface area (Å²) in [5.41, 5.74) is 2.05. The Balaban J connectivity index is 2.25. The Labute approximate surface area is 160 Å². The highest BCUT2D eigenvalue weighted by Crippen LogP contribution is 2.26. The summed E-state index contributed by atoms with van der Waals surface area (Å²) in [6.07, 6.45) is 0. The Kier molecular flexibility index (Phi) is 5.34. The van der Waals surface area contributed by atoms with Gasteiger partial charge in [-0.3, -0.25) is 14.2 Å². The lowest BCUT2D eigenvalue weighted by Crippen LogP contribution is -2.24. The second-order valence-corrected chi connectivity index (χ2v) is 7.56. The molecule has 3 aromatic rings. The van der Waals surface area contributed by atoms with Gasteiger partial charge in [-0.15, -0.1) is 0 Å². The molecule has 0 aliphatic rings. The second-order valence-electron chi connectivity index (χ2n) is 5.82. The number of methoxy groups -OCH3 is 1. The van der Waals surface area contributed by atoms with Gasteiger partial charge in [0.2, 0.25) is 0 Å². The number of carbonyl (C=O) groups is 1. The van der Waals surface area contributed by atoms with E-state index in [4.69, 9.17) is 16.3 Å². The van der Waals surface area contributed by atoms with Gasteiger partial charge < -0.3 is 4.74 Å². The molecule has 0 radical (unpaired) electrons. The Morgan fingerprint density at radius 1 is 1.23 bits per heavy atom. The molecule has 0 aliphatic heterocycles. The fourth-order valence-corrected chi connectivity index (χ4v) is 3.63. The van der Waals surface area contributed by atoms with Gasteiger partial charge in [0.25, 0.3) is 5.56 Å². The number of halogens is 1. The van der Waals surface area contributed by atoms with Crippen molar-refractivity contribution in [1.29, 1.82) is 0 Å². The van der Waals surface area contributed by atoms with Gasteiger partial charge in [0.15, 0.2) is 5.16 Å². The van der Waals surface area contributed by atoms with Crippen LogP contribution in [0.4, 0.5) is 0 Å². The van der Waals surface area contributed by atoms with Crippen molar-refractivity contribution in [2.75, 3.05) is 7.11 Å². The van der Waals surface area contributed by atoms with Crippen LogP contribution in [0.3, 0.4) is 0 Å². The van der Waals surface area contributed by atoms with E-state index in [1.807, 2.05) is 31.2 Å². The van der Waals surface area contributed by atoms with Gasteiger partial charge in [-0.05, 0) is 44.2 Å². The molecule has 0 N–H and O–H groups in total. The number of esters is 1. The highest BCUT2D eigenvalue weighted by atomic mass is 35.5. The van der Waals surface area contributed by atoms with E-state index < -0.39 is 5.25 Å². The number of hydrogen-bond donors (Lipinski definition) is 0. The zero-order valence-corrected chi connectivity index (χ0v) is 16.1. The number of ether oxygens (including phenoxy) is 1. The topological polar surface area (TPSA) is 61.2 Å². The van der Waals surface area contributed by atoms with Crippen LogP contribution in [0, 0.1) is 6.92 Å². The van der Waals surface area contributed by atoms with Crippen LogP contribution in [-0.4, -0.2) is 27.9 Å². The van der Waals surface area contributed by atoms with Crippen molar-refractivity contribution in [3.63, 3.8) is 0 Å². The van der Waals surface area contributed by atoms with E-state index in [-0.39, 0.29) is 11.5 Å². The van der Waals surface area contributed by atoms with Crippen molar-refractivity contribution in [3.05, 3.63) is 63.4 Å². The highest BCUT2D eigenvalue weighted by molar-refractivity contribution is 8.00. The average molecular weight is 389 g/mol. The SMILES string of the molecule is COC(=O)[C@H](C)Sc1nc2cc(Cl)ccc2c(=O)n1-c1ccc(C)cc1. The number of benzene rings is 2. The third kappa shape index (κ3) is 3.61. The molecule has 1 atom stereocenters. The molecule has 0 unspecified atom stereocenters. The third-order valence-corrected chi connectivity index (χ3v) is 5.17. The summed E-state index contributed by atoms with van der Waals surface area (Å²) in [4.78, 5) is 29.5. The van der Waals surface area contributed by atoms with E-state index in [0.717, 1.165) is 5.56 Å². The van der Waals surface area contributed by atoms with E-state index in [9.17, 15) is 9.59 Å². The normalized spacial score (nSPS) is 12.2. The minimum Gasteiger partial charge on any atom is -0.468 e. The molecule has 0 spiro atoms. The molecule has 26 heavy (non-hydrogen) atoms. The fraction of sp³-hybridized carbons (Fsp3) is 0.211. The van der Waals surface area contributed by atoms with Gasteiger partial charge in [0.1, 0.15) is 5.25 Å². The van der Waals surface area contributed by atoms with Crippen molar-refractivity contribution in [2.24, 2.45) is 0 Å². The van der Waals surface area contributed by atoms with Crippen LogP contribution in [0.5, 0.6) is 0 Å². The zero-order valence-electron chi connectivity index (χ0n) is 14.5. The van der Waals surface area contributed by atoms with E-state index in [1.54, 1.807) is 25.1 Å². The molecular formula is C19H17ClN2O3S. The maximum absolute atomic E-state index is 13.1. The van der Waals surface area contributed by atoms with E-state index in [1.165, 1.54) is 23.4 Å². The monoisotopic (exact) mass is 388 g/mol. The lowest BCUT2D eigenvalue weighted by Gasteiger charge is -2.15. The Bertz CT molecular complexity index is 1030. The maximum Gasteiger partial charge on any atom is 0.318 e. The molecular weight excluding hydrogens is 372 g/mol. The summed E-state index contributed by atoms with van der Waals surface area (Å²) in [5, 5.41) is 0.853. The van der Waals surface area contributed by atoms with Crippen LogP contribution in [-0.2, 0) is 9.53 Å². The number of thioether (sulfide) groups is 1. The molecule has 0 fully saturated rings. The van der Waals surface area contributed by atoms with Crippen molar-refractivity contribution in [3.8, 4) is 5.69 Å². The zero-order chi connectivity index (χ0) is 18.8. The minimum absolute atomic E-state index is 0.213. The number of nitrogens with zero attached hydrogens (tertiary/aromatic N) is 2. The van der Waals surface area contributed by atoms with Crippen LogP contribution in [0.25, 0.3) is 16.6 Å². The molecule has 7 heteroatoms. The third-order valence-electron chi connectivity index (χ3n) is 3.91. The molecule has 0 aliphatic carbocycles. The summed E-state index contributed by atoms with van der Waals surface area (Å²) in [5.74, 6) is -0.383. The van der Waals surface area contributed by atoms with Crippen LogP contribution >= 0.6 is 23.4 Å². The lowest BCUT2D eigenvalue weighted by molar-refractivity contribution is -0.139. The number of fused-ring (bicyclic) bond motifs is 1. The molecule has 0 bridgehead atoms. The quantitative estimate of drug-likeness (QED) is 0.384. The lowest BCUT2D eigenvalue weighted by atomic mass is 10.2. The summed E-state index contributed by atoms with van der Waals surface area (Å²) >= 11 is 7.22. The van der Waals surface area contributed by atoms with Crippen molar-refractivity contribution < 1.29 is 9.53 Å². The average Bonchev–Trinajstić information content (AvgIpc) is 2.62. The van der Waals surface area contributed by atoms with Gasteiger partial charge >= 0.3 is 5.97 Å². The van der Waals surface area contributed by atoms with Gasteiger partial charge in [-0.1, -0.05) is 41.1 Å². The Hall–Kier alpha value is -2.31. The number of carbonyl (C=O) groups excluding carboxylic acids is 1. The van der Waals surface area contributed by atoms with Crippen molar-refractivity contribution in [2.45, 2.75) is 24.3 Å². The standard InChI is InChI=1S/C19H17ClN2O3S/c1-11-4-7-14(8-5-11)22-17(23)15-9-6-13(20)10-16(15)21-19(22)26-12(2)18(24)25-3/h4-10,12H,1-3H3/t12-/m0/s1. The number of hydrogen-bond acceptors (Lipinski definition) is 5. The first kappa shape index (κ1) is 18.5. The van der Waals surface area contributed by atoms with Crippen LogP contribution in [0.15, 0.2) is 52.4 Å². The van der Waals surface area contributed by atoms with E-state index in [2.05, 4.69) is 4.98 Å². The first-order valence-corrected chi connectivity index (χ1v) is 9.20. The van der Waals surface area contributed by atoms with Crippen molar-refractivity contribution >= 4 is 40.2 Å². The van der Waals surface area contributed by atoms with E-state index >= 15 is 0 Å². The molecule has 0 saturated heterocycles. The second kappa shape index (κ2) is 7.51. The predicted molar refractivity (Wildman–Crippen MR) is 104 cm³/mol. The Morgan fingerprint density at radius 3 is 2.58 bits per heavy atom. The van der Waals surface area contributed by atoms with Crippen LogP contribution < -0.4 is 5.56 Å². The molecule has 0 saturated carbocycles. The molecule has 2 aromatic carbocycles. The molecule has 134 valence electrons. The van der Waals surface area contributed by atoms with Crippen LogP contribution in [0.1, 0.15) is 12.5 Å². The van der Waals surface area contributed by atoms with Gasteiger partial charge in [-0.25, -0.2) is 4.98 Å². The summed E-state index contributed by atoms with van der Waals surface area (Å²) in [6, 6.07) is 12.5. The van der Waals surface area contributed by atoms with Crippen LogP contribution in [0.2, 0.25) is 5.02 Å². The van der Waals surface area contributed by atoms with E-state index in [0.29, 0.717) is 26.8 Å². The number of rotatable bonds is 4. The smallest absolute Gasteiger partial charge is 0.318 e. The molecule has 1 heterocycles. The minimum atomic E-state index is -0.514. The van der Waals surface area contributed by atoms with Gasteiger partial charge in [0.05, 0.1) is 23.7 Å². The summed E-state index contributed by atoms with van der Waals surface area (Å²) in [6.45, 7) is 3.69. The highest BCUT2D eigenvalue weighted by Gasteiger charge is 2.20. The number of aryl methyl sites for hydroxylation is 1. The predicted octanol–water partition coefficient (Wildman–Crippen LogP) is 4.00. The fourth-order valence-electron chi connectivity index (χ4n) is 2.51. The number of aromatic nitrogens is 2. The van der Waals surface area contributed by atoms with Gasteiger partial charge in [0, 0.05) is 5.02 Å². The maximum atomic E-state index is 13.1. The first-order chi connectivity index (χ1) is 12.4. The largest absolute Gasteiger partial charge is 0.468 e.